The lowest BCUT2D eigenvalue weighted by Gasteiger charge is -1.99. The Balaban J connectivity index is 2.91. The average Bonchev–Trinajstić information content (AvgIpc) is 1.94. The van der Waals surface area contributed by atoms with Crippen molar-refractivity contribution in [2.24, 2.45) is 0 Å². The molecule has 1 rings (SSSR count). The molecule has 1 N–H and O–H groups in total. The first-order valence-electron chi connectivity index (χ1n) is 2.96. The number of nitrogens with zero attached hydrogens (tertiary/aromatic N) is 1. The zero-order valence-corrected chi connectivity index (χ0v) is 5.66. The van der Waals surface area contributed by atoms with Gasteiger partial charge in [-0.3, -0.25) is 9.78 Å². The summed E-state index contributed by atoms with van der Waals surface area (Å²) in [6.45, 7) is 1.84. The fraction of sp³-hybridized carbons (Fsp3) is 0.143. The number of carbonyl (C=O) groups excluding carboxylic acids is 1. The Morgan fingerprint density at radius 3 is 3.10 bits per heavy atom. The van der Waals surface area contributed by atoms with Crippen molar-refractivity contribution in [1.29, 1.82) is 0 Å². The van der Waals surface area contributed by atoms with Gasteiger partial charge in [0.25, 0.3) is 0 Å². The number of carbonyl (C=O) groups is 1. The van der Waals surface area contributed by atoms with Crippen molar-refractivity contribution in [3.63, 3.8) is 0 Å². The van der Waals surface area contributed by atoms with Gasteiger partial charge in [-0.05, 0) is 19.1 Å². The first kappa shape index (κ1) is 6.74. The van der Waals surface area contributed by atoms with Crippen LogP contribution in [-0.4, -0.2) is 11.4 Å². The topological polar surface area (TPSA) is 42.0 Å². The van der Waals surface area contributed by atoms with Gasteiger partial charge >= 0.3 is 0 Å². The highest BCUT2D eigenvalue weighted by atomic mass is 16.1. The second-order valence-electron chi connectivity index (χ2n) is 1.90. The van der Waals surface area contributed by atoms with E-state index in [2.05, 4.69) is 10.3 Å². The number of hydrogen-bond acceptors (Lipinski definition) is 2. The van der Waals surface area contributed by atoms with Crippen LogP contribution < -0.4 is 5.32 Å². The number of amides is 1. The van der Waals surface area contributed by atoms with E-state index in [-0.39, 0.29) is 0 Å². The number of pyridine rings is 1. The van der Waals surface area contributed by atoms with Gasteiger partial charge in [-0.1, -0.05) is 0 Å². The molecule has 0 aromatic carbocycles. The van der Waals surface area contributed by atoms with Gasteiger partial charge in [0.1, 0.15) is 0 Å². The van der Waals surface area contributed by atoms with E-state index in [4.69, 9.17) is 0 Å². The Bertz CT molecular complexity index is 235. The standard InChI is InChI=1S/C7H8N2O/c1-6-7(9-5-10)3-2-4-8-6/h2-5H,1H3,(H,9,10). The van der Waals surface area contributed by atoms with Gasteiger partial charge in [0.15, 0.2) is 0 Å². The van der Waals surface area contributed by atoms with Crippen molar-refractivity contribution in [1.82, 2.24) is 4.98 Å². The Morgan fingerprint density at radius 2 is 2.50 bits per heavy atom. The van der Waals surface area contributed by atoms with Crippen LogP contribution in [0, 0.1) is 6.92 Å². The summed E-state index contributed by atoms with van der Waals surface area (Å²) in [5.41, 5.74) is 1.59. The summed E-state index contributed by atoms with van der Waals surface area (Å²) in [6, 6.07) is 3.58. The molecule has 0 unspecified atom stereocenters. The van der Waals surface area contributed by atoms with Crippen LogP contribution in [0.25, 0.3) is 0 Å². The van der Waals surface area contributed by atoms with Gasteiger partial charge in [0.05, 0.1) is 11.4 Å². The maximum Gasteiger partial charge on any atom is 0.211 e. The molecule has 0 aliphatic heterocycles. The SMILES string of the molecule is Cc1ncccc1NC=O. The molecule has 0 aliphatic carbocycles. The normalized spacial score (nSPS) is 8.90. The average molecular weight is 136 g/mol. The van der Waals surface area contributed by atoms with Crippen LogP contribution in [0.3, 0.4) is 0 Å². The van der Waals surface area contributed by atoms with Gasteiger partial charge in [-0.25, -0.2) is 0 Å². The van der Waals surface area contributed by atoms with E-state index in [1.54, 1.807) is 18.3 Å². The molecule has 0 aliphatic rings. The molecule has 1 heterocycles. The number of hydrogen-bond donors (Lipinski definition) is 1. The minimum absolute atomic E-state index is 0.643. The Labute approximate surface area is 59.1 Å². The summed E-state index contributed by atoms with van der Waals surface area (Å²) in [5, 5.41) is 2.53. The minimum Gasteiger partial charge on any atom is -0.327 e. The van der Waals surface area contributed by atoms with Crippen molar-refractivity contribution < 1.29 is 4.79 Å². The number of nitrogens with one attached hydrogen (secondary N) is 1. The lowest BCUT2D eigenvalue weighted by molar-refractivity contribution is -0.105. The van der Waals surface area contributed by atoms with Gasteiger partial charge in [-0.2, -0.15) is 0 Å². The van der Waals surface area contributed by atoms with E-state index in [0.717, 1.165) is 11.4 Å². The van der Waals surface area contributed by atoms with E-state index in [1.165, 1.54) is 0 Å². The summed E-state index contributed by atoms with van der Waals surface area (Å²) in [7, 11) is 0. The lowest BCUT2D eigenvalue weighted by Crippen LogP contribution is -1.96. The fourth-order valence-corrected chi connectivity index (χ4v) is 0.700. The molecule has 52 valence electrons. The predicted molar refractivity (Wildman–Crippen MR) is 38.7 cm³/mol. The van der Waals surface area contributed by atoms with Gasteiger partial charge in [0.2, 0.25) is 6.41 Å². The second-order valence-corrected chi connectivity index (χ2v) is 1.90. The Morgan fingerprint density at radius 1 is 1.70 bits per heavy atom. The van der Waals surface area contributed by atoms with Crippen molar-refractivity contribution >= 4 is 12.1 Å². The summed E-state index contributed by atoms with van der Waals surface area (Å²) < 4.78 is 0. The van der Waals surface area contributed by atoms with Crippen LogP contribution in [0.2, 0.25) is 0 Å². The lowest BCUT2D eigenvalue weighted by atomic mass is 10.3. The van der Waals surface area contributed by atoms with Crippen LogP contribution in [0.4, 0.5) is 5.69 Å². The van der Waals surface area contributed by atoms with Crippen molar-refractivity contribution in [2.45, 2.75) is 6.92 Å². The first-order chi connectivity index (χ1) is 4.84. The van der Waals surface area contributed by atoms with E-state index in [0.29, 0.717) is 6.41 Å². The molecule has 0 radical (unpaired) electrons. The smallest absolute Gasteiger partial charge is 0.211 e. The molecule has 0 saturated heterocycles. The van der Waals surface area contributed by atoms with Gasteiger partial charge in [0, 0.05) is 6.20 Å². The third-order valence-electron chi connectivity index (χ3n) is 1.22. The number of aryl methyl sites for hydroxylation is 1. The second kappa shape index (κ2) is 2.96. The molecule has 10 heavy (non-hydrogen) atoms. The molecule has 3 nitrogen and oxygen atoms in total. The number of anilines is 1. The number of rotatable bonds is 2. The molecule has 0 spiro atoms. The molecule has 0 bridgehead atoms. The molecule has 3 heteroatoms. The minimum atomic E-state index is 0.643. The maximum atomic E-state index is 9.99. The Hall–Kier alpha value is -1.38. The third-order valence-corrected chi connectivity index (χ3v) is 1.22. The highest BCUT2D eigenvalue weighted by Gasteiger charge is 1.92. The van der Waals surface area contributed by atoms with Gasteiger partial charge in [-0.15, -0.1) is 0 Å². The zero-order chi connectivity index (χ0) is 7.40. The van der Waals surface area contributed by atoms with Crippen molar-refractivity contribution in [2.75, 3.05) is 5.32 Å². The highest BCUT2D eigenvalue weighted by molar-refractivity contribution is 5.72. The first-order valence-corrected chi connectivity index (χ1v) is 2.96. The van der Waals surface area contributed by atoms with E-state index < -0.39 is 0 Å². The molecule has 0 fully saturated rings. The van der Waals surface area contributed by atoms with Crippen LogP contribution in [0.15, 0.2) is 18.3 Å². The van der Waals surface area contributed by atoms with Crippen LogP contribution >= 0.6 is 0 Å². The summed E-state index contributed by atoms with van der Waals surface area (Å²) in [5.74, 6) is 0. The molecular formula is C7H8N2O. The summed E-state index contributed by atoms with van der Waals surface area (Å²) >= 11 is 0. The van der Waals surface area contributed by atoms with E-state index >= 15 is 0 Å². The van der Waals surface area contributed by atoms with Crippen molar-refractivity contribution in [3.05, 3.63) is 24.0 Å². The molecule has 0 saturated carbocycles. The molecule has 1 aromatic rings. The maximum absolute atomic E-state index is 9.99. The molecule has 0 atom stereocenters. The summed E-state index contributed by atoms with van der Waals surface area (Å²) in [4.78, 5) is 14.0. The number of aromatic nitrogens is 1. The fourth-order valence-electron chi connectivity index (χ4n) is 0.700. The molecular weight excluding hydrogens is 128 g/mol. The van der Waals surface area contributed by atoms with Crippen LogP contribution in [0.5, 0.6) is 0 Å². The largest absolute Gasteiger partial charge is 0.327 e. The molecule has 1 aromatic heterocycles. The van der Waals surface area contributed by atoms with Crippen molar-refractivity contribution in [3.8, 4) is 0 Å². The van der Waals surface area contributed by atoms with E-state index in [1.807, 2.05) is 6.92 Å². The van der Waals surface area contributed by atoms with E-state index in [9.17, 15) is 4.79 Å². The third kappa shape index (κ3) is 1.31. The zero-order valence-electron chi connectivity index (χ0n) is 5.66. The molecule has 1 amide bonds. The predicted octanol–water partition coefficient (Wildman–Crippen LogP) is 0.958. The summed E-state index contributed by atoms with van der Waals surface area (Å²) in [6.07, 6.45) is 2.33. The highest BCUT2D eigenvalue weighted by Crippen LogP contribution is 2.07. The monoisotopic (exact) mass is 136 g/mol. The van der Waals surface area contributed by atoms with Crippen LogP contribution in [0.1, 0.15) is 5.69 Å². The Kier molecular flexibility index (Phi) is 1.99. The van der Waals surface area contributed by atoms with Crippen LogP contribution in [-0.2, 0) is 4.79 Å². The quantitative estimate of drug-likeness (QED) is 0.615. The van der Waals surface area contributed by atoms with Gasteiger partial charge < -0.3 is 5.32 Å².